The van der Waals surface area contributed by atoms with Crippen LogP contribution < -0.4 is 0 Å². The van der Waals surface area contributed by atoms with Gasteiger partial charge in [0.25, 0.3) is 0 Å². The predicted octanol–water partition coefficient (Wildman–Crippen LogP) is 5.63. The quantitative estimate of drug-likeness (QED) is 0.531. The van der Waals surface area contributed by atoms with Gasteiger partial charge < -0.3 is 4.84 Å². The summed E-state index contributed by atoms with van der Waals surface area (Å²) in [5.74, 6) is -0.276. The van der Waals surface area contributed by atoms with Crippen LogP contribution in [0.2, 0.25) is 5.02 Å². The normalized spacial score (nSPS) is 19.1. The van der Waals surface area contributed by atoms with Gasteiger partial charge in [-0.2, -0.15) is 0 Å². The van der Waals surface area contributed by atoms with E-state index in [2.05, 4.69) is 11.2 Å². The summed E-state index contributed by atoms with van der Waals surface area (Å²) in [4.78, 5) is 17.0. The summed E-state index contributed by atoms with van der Waals surface area (Å²) in [5.41, 5.74) is 3.02. The first kappa shape index (κ1) is 17.7. The molecule has 4 heteroatoms. The SMILES string of the molecule is CC(C)(C)CC(=O)O/N=C1/CCCC/C1=C\c1ccc(Cl)cc1. The molecule has 0 spiro atoms. The van der Waals surface area contributed by atoms with Crippen LogP contribution in [0.3, 0.4) is 0 Å². The molecule has 1 aromatic carbocycles. The molecule has 0 heterocycles. The van der Waals surface area contributed by atoms with E-state index in [0.29, 0.717) is 6.42 Å². The van der Waals surface area contributed by atoms with Crippen LogP contribution >= 0.6 is 11.6 Å². The second kappa shape index (κ2) is 7.78. The lowest BCUT2D eigenvalue weighted by molar-refractivity contribution is -0.145. The lowest BCUT2D eigenvalue weighted by atomic mass is 9.91. The molecule has 0 aromatic heterocycles. The Morgan fingerprint density at radius 2 is 1.87 bits per heavy atom. The summed E-state index contributed by atoms with van der Waals surface area (Å²) in [7, 11) is 0. The molecule has 0 saturated heterocycles. The number of nitrogens with zero attached hydrogens (tertiary/aromatic N) is 1. The lowest BCUT2D eigenvalue weighted by Gasteiger charge is -2.18. The predicted molar refractivity (Wildman–Crippen MR) is 95.5 cm³/mol. The number of hydrogen-bond acceptors (Lipinski definition) is 3. The smallest absolute Gasteiger partial charge is 0.318 e. The van der Waals surface area contributed by atoms with Crippen LogP contribution in [0.25, 0.3) is 6.08 Å². The van der Waals surface area contributed by atoms with Gasteiger partial charge in [0.2, 0.25) is 0 Å². The van der Waals surface area contributed by atoms with Gasteiger partial charge in [0.05, 0.1) is 12.1 Å². The molecule has 0 unspecified atom stereocenters. The first-order valence-corrected chi connectivity index (χ1v) is 8.44. The molecule has 2 rings (SSSR count). The van der Waals surface area contributed by atoms with Gasteiger partial charge in [0.1, 0.15) is 0 Å². The average molecular weight is 334 g/mol. The van der Waals surface area contributed by atoms with Gasteiger partial charge in [-0.15, -0.1) is 0 Å². The molecule has 0 atom stereocenters. The number of oxime groups is 1. The van der Waals surface area contributed by atoms with Crippen molar-refractivity contribution in [2.45, 2.75) is 52.9 Å². The Morgan fingerprint density at radius 1 is 1.22 bits per heavy atom. The number of carbonyl (C=O) groups is 1. The molecule has 0 amide bonds. The third kappa shape index (κ3) is 6.19. The van der Waals surface area contributed by atoms with Crippen molar-refractivity contribution in [2.24, 2.45) is 10.6 Å². The number of rotatable bonds is 3. The van der Waals surface area contributed by atoms with E-state index in [-0.39, 0.29) is 11.4 Å². The van der Waals surface area contributed by atoms with E-state index in [4.69, 9.17) is 16.4 Å². The summed E-state index contributed by atoms with van der Waals surface area (Å²) in [6.45, 7) is 6.02. The van der Waals surface area contributed by atoms with Crippen LogP contribution in [-0.4, -0.2) is 11.7 Å². The third-order valence-corrected chi connectivity index (χ3v) is 3.88. The fraction of sp³-hybridized carbons (Fsp3) is 0.474. The van der Waals surface area contributed by atoms with Crippen molar-refractivity contribution in [1.29, 1.82) is 0 Å². The van der Waals surface area contributed by atoms with Crippen molar-refractivity contribution in [2.75, 3.05) is 0 Å². The number of benzene rings is 1. The van der Waals surface area contributed by atoms with E-state index in [1.165, 1.54) is 0 Å². The Balaban J connectivity index is 2.10. The molecule has 1 fully saturated rings. The Hall–Kier alpha value is -1.61. The first-order chi connectivity index (χ1) is 10.8. The highest BCUT2D eigenvalue weighted by Crippen LogP contribution is 2.25. The summed E-state index contributed by atoms with van der Waals surface area (Å²) in [5, 5.41) is 4.86. The van der Waals surface area contributed by atoms with Crippen molar-refractivity contribution in [3.8, 4) is 0 Å². The van der Waals surface area contributed by atoms with E-state index >= 15 is 0 Å². The van der Waals surface area contributed by atoms with E-state index in [9.17, 15) is 4.79 Å². The van der Waals surface area contributed by atoms with E-state index in [0.717, 1.165) is 47.6 Å². The van der Waals surface area contributed by atoms with Crippen molar-refractivity contribution in [3.63, 3.8) is 0 Å². The van der Waals surface area contributed by atoms with Gasteiger partial charge in [0, 0.05) is 5.02 Å². The van der Waals surface area contributed by atoms with Crippen molar-refractivity contribution in [3.05, 3.63) is 40.4 Å². The van der Waals surface area contributed by atoms with Crippen molar-refractivity contribution in [1.82, 2.24) is 0 Å². The molecule has 3 nitrogen and oxygen atoms in total. The third-order valence-electron chi connectivity index (χ3n) is 3.62. The molecule has 0 bridgehead atoms. The van der Waals surface area contributed by atoms with Crippen LogP contribution in [0, 0.1) is 5.41 Å². The first-order valence-electron chi connectivity index (χ1n) is 8.07. The molecule has 0 N–H and O–H groups in total. The van der Waals surface area contributed by atoms with Gasteiger partial charge in [-0.25, -0.2) is 4.79 Å². The molecule has 0 aliphatic heterocycles. The number of halogens is 1. The van der Waals surface area contributed by atoms with Crippen LogP contribution in [0.4, 0.5) is 0 Å². The van der Waals surface area contributed by atoms with Gasteiger partial charge in [-0.1, -0.05) is 49.7 Å². The maximum Gasteiger partial charge on any atom is 0.335 e. The number of allylic oxidation sites excluding steroid dienone is 1. The number of hydrogen-bond donors (Lipinski definition) is 0. The van der Waals surface area contributed by atoms with Gasteiger partial charge in [0.15, 0.2) is 0 Å². The van der Waals surface area contributed by atoms with E-state index in [1.807, 2.05) is 45.0 Å². The highest BCUT2D eigenvalue weighted by molar-refractivity contribution is 6.30. The van der Waals surface area contributed by atoms with Gasteiger partial charge >= 0.3 is 5.97 Å². The van der Waals surface area contributed by atoms with Crippen molar-refractivity contribution >= 4 is 29.4 Å². The minimum absolute atomic E-state index is 0.0915. The fourth-order valence-electron chi connectivity index (χ4n) is 2.50. The highest BCUT2D eigenvalue weighted by atomic mass is 35.5. The molecular formula is C19H24ClNO2. The second-order valence-corrected chi connectivity index (χ2v) is 7.60. The fourth-order valence-corrected chi connectivity index (χ4v) is 2.63. The lowest BCUT2D eigenvalue weighted by Crippen LogP contribution is -2.16. The summed E-state index contributed by atoms with van der Waals surface area (Å²) in [6.07, 6.45) is 6.48. The molecular weight excluding hydrogens is 310 g/mol. The topological polar surface area (TPSA) is 38.7 Å². The Kier molecular flexibility index (Phi) is 6.00. The number of carbonyl (C=O) groups excluding carboxylic acids is 1. The minimum atomic E-state index is -0.276. The molecule has 0 radical (unpaired) electrons. The molecule has 1 aliphatic rings. The highest BCUT2D eigenvalue weighted by Gasteiger charge is 2.19. The molecule has 23 heavy (non-hydrogen) atoms. The van der Waals surface area contributed by atoms with Crippen molar-refractivity contribution < 1.29 is 9.63 Å². The maximum absolute atomic E-state index is 11.8. The van der Waals surface area contributed by atoms with Crippen LogP contribution in [0.5, 0.6) is 0 Å². The largest absolute Gasteiger partial charge is 0.335 e. The van der Waals surface area contributed by atoms with Crippen LogP contribution in [-0.2, 0) is 9.63 Å². The summed E-state index contributed by atoms with van der Waals surface area (Å²) < 4.78 is 0. The zero-order chi connectivity index (χ0) is 16.9. The zero-order valence-electron chi connectivity index (χ0n) is 14.1. The molecule has 1 saturated carbocycles. The van der Waals surface area contributed by atoms with E-state index in [1.54, 1.807) is 0 Å². The van der Waals surface area contributed by atoms with E-state index < -0.39 is 0 Å². The summed E-state index contributed by atoms with van der Waals surface area (Å²) >= 11 is 5.92. The molecule has 1 aromatic rings. The maximum atomic E-state index is 11.8. The van der Waals surface area contributed by atoms with Crippen LogP contribution in [0.15, 0.2) is 35.0 Å². The average Bonchev–Trinajstić information content (AvgIpc) is 2.47. The minimum Gasteiger partial charge on any atom is -0.318 e. The van der Waals surface area contributed by atoms with Gasteiger partial charge in [-0.05, 0) is 60.4 Å². The Morgan fingerprint density at radius 3 is 2.52 bits per heavy atom. The van der Waals surface area contributed by atoms with Gasteiger partial charge in [-0.3, -0.25) is 0 Å². The Labute approximate surface area is 143 Å². The Bertz CT molecular complexity index is 609. The molecule has 1 aliphatic carbocycles. The monoisotopic (exact) mass is 333 g/mol. The standard InChI is InChI=1S/C19H24ClNO2/c1-19(2,3)13-18(22)23-21-17-7-5-4-6-15(17)12-14-8-10-16(20)11-9-14/h8-12H,4-7,13H2,1-3H3/b15-12+,21-17-. The summed E-state index contributed by atoms with van der Waals surface area (Å²) in [6, 6.07) is 7.70. The van der Waals surface area contributed by atoms with Crippen LogP contribution in [0.1, 0.15) is 58.4 Å². The molecule has 124 valence electrons. The zero-order valence-corrected chi connectivity index (χ0v) is 14.8. The second-order valence-electron chi connectivity index (χ2n) is 7.17.